The second-order valence-corrected chi connectivity index (χ2v) is 8.72. The van der Waals surface area contributed by atoms with Gasteiger partial charge in [0, 0.05) is 18.1 Å². The lowest BCUT2D eigenvalue weighted by Crippen LogP contribution is -2.33. The minimum Gasteiger partial charge on any atom is -0.454 e. The third-order valence-electron chi connectivity index (χ3n) is 5.81. The van der Waals surface area contributed by atoms with Crippen molar-refractivity contribution in [3.63, 3.8) is 0 Å². The molecule has 8 heteroatoms. The van der Waals surface area contributed by atoms with Crippen molar-refractivity contribution in [1.29, 1.82) is 5.26 Å². The fourth-order valence-corrected chi connectivity index (χ4v) is 4.93. The number of aryl methyl sites for hydroxylation is 1. The average Bonchev–Trinajstić information content (AvgIpc) is 3.44. The van der Waals surface area contributed by atoms with Crippen molar-refractivity contribution in [3.05, 3.63) is 58.2 Å². The van der Waals surface area contributed by atoms with E-state index >= 15 is 0 Å². The van der Waals surface area contributed by atoms with Crippen LogP contribution in [0.3, 0.4) is 0 Å². The standard InChI is InChI=1S/C23H23N5O2S/c1-15-8-20-21(30-14-29-20)10-17(15)12-28-7-3-2-4-19(28)18-13-31-23(26-18)27-22-9-16(11-24)5-6-25-22/h5-6,8-10,13,19H,2-4,7,12,14H2,1H3,(H,25,26,27)/t19-/m1/s1. The Bertz CT molecular complexity index is 1140. The van der Waals surface area contributed by atoms with Gasteiger partial charge in [0.25, 0.3) is 0 Å². The molecule has 0 saturated carbocycles. The first-order chi connectivity index (χ1) is 15.2. The first-order valence-corrected chi connectivity index (χ1v) is 11.3. The van der Waals surface area contributed by atoms with Crippen LogP contribution < -0.4 is 14.8 Å². The van der Waals surface area contributed by atoms with Crippen molar-refractivity contribution in [2.75, 3.05) is 18.7 Å². The van der Waals surface area contributed by atoms with E-state index in [0.717, 1.165) is 41.8 Å². The Balaban J connectivity index is 1.34. The average molecular weight is 434 g/mol. The van der Waals surface area contributed by atoms with E-state index in [9.17, 15) is 0 Å². The summed E-state index contributed by atoms with van der Waals surface area (Å²) in [7, 11) is 0. The van der Waals surface area contributed by atoms with Crippen LogP contribution in [0.1, 0.15) is 47.7 Å². The molecule has 31 heavy (non-hydrogen) atoms. The lowest BCUT2D eigenvalue weighted by molar-refractivity contribution is 0.137. The van der Waals surface area contributed by atoms with Gasteiger partial charge in [0.15, 0.2) is 16.6 Å². The van der Waals surface area contributed by atoms with Crippen LogP contribution in [0.15, 0.2) is 35.8 Å². The van der Waals surface area contributed by atoms with Crippen LogP contribution >= 0.6 is 11.3 Å². The van der Waals surface area contributed by atoms with Gasteiger partial charge in [0.1, 0.15) is 5.82 Å². The second-order valence-electron chi connectivity index (χ2n) is 7.86. The number of ether oxygens (including phenoxy) is 2. The summed E-state index contributed by atoms with van der Waals surface area (Å²) in [5.74, 6) is 2.30. The van der Waals surface area contributed by atoms with Crippen molar-refractivity contribution in [2.45, 2.75) is 38.8 Å². The normalized spacial score (nSPS) is 18.0. The number of likely N-dealkylation sites (tertiary alicyclic amines) is 1. The highest BCUT2D eigenvalue weighted by atomic mass is 32.1. The lowest BCUT2D eigenvalue weighted by Gasteiger charge is -2.35. The Morgan fingerprint density at radius 1 is 1.26 bits per heavy atom. The van der Waals surface area contributed by atoms with Gasteiger partial charge < -0.3 is 14.8 Å². The van der Waals surface area contributed by atoms with Crippen LogP contribution in [0.4, 0.5) is 10.9 Å². The number of pyridine rings is 1. The first kappa shape index (κ1) is 19.8. The molecule has 158 valence electrons. The van der Waals surface area contributed by atoms with Crippen molar-refractivity contribution in [1.82, 2.24) is 14.9 Å². The van der Waals surface area contributed by atoms with Gasteiger partial charge in [0.2, 0.25) is 6.79 Å². The van der Waals surface area contributed by atoms with E-state index in [1.54, 1.807) is 29.7 Å². The molecule has 0 bridgehead atoms. The first-order valence-electron chi connectivity index (χ1n) is 10.4. The fraction of sp³-hybridized carbons (Fsp3) is 0.348. The van der Waals surface area contributed by atoms with Crippen LogP contribution in [0.5, 0.6) is 11.5 Å². The molecular formula is C23H23N5O2S. The maximum absolute atomic E-state index is 9.08. The molecule has 1 N–H and O–H groups in total. The van der Waals surface area contributed by atoms with E-state index in [2.05, 4.69) is 45.7 Å². The summed E-state index contributed by atoms with van der Waals surface area (Å²) in [6.45, 7) is 4.33. The lowest BCUT2D eigenvalue weighted by atomic mass is 9.98. The number of anilines is 2. The van der Waals surface area contributed by atoms with Crippen molar-refractivity contribution in [2.24, 2.45) is 0 Å². The van der Waals surface area contributed by atoms with E-state index in [4.69, 9.17) is 19.7 Å². The third-order valence-corrected chi connectivity index (χ3v) is 6.58. The molecule has 0 radical (unpaired) electrons. The van der Waals surface area contributed by atoms with Crippen LogP contribution in [-0.2, 0) is 6.54 Å². The fourth-order valence-electron chi connectivity index (χ4n) is 4.16. The van der Waals surface area contributed by atoms with Gasteiger partial charge in [0.05, 0.1) is 23.4 Å². The molecule has 3 aromatic rings. The number of hydrogen-bond donors (Lipinski definition) is 1. The quantitative estimate of drug-likeness (QED) is 0.611. The van der Waals surface area contributed by atoms with E-state index in [1.165, 1.54) is 24.0 Å². The Kier molecular flexibility index (Phi) is 5.45. The van der Waals surface area contributed by atoms with E-state index < -0.39 is 0 Å². The highest BCUT2D eigenvalue weighted by molar-refractivity contribution is 7.13. The number of hydrogen-bond acceptors (Lipinski definition) is 8. The Hall–Kier alpha value is -3.15. The van der Waals surface area contributed by atoms with Gasteiger partial charge in [-0.25, -0.2) is 9.97 Å². The molecule has 0 amide bonds. The molecule has 1 saturated heterocycles. The van der Waals surface area contributed by atoms with Gasteiger partial charge in [-0.15, -0.1) is 11.3 Å². The monoisotopic (exact) mass is 433 g/mol. The molecule has 0 spiro atoms. The number of benzene rings is 1. The summed E-state index contributed by atoms with van der Waals surface area (Å²) < 4.78 is 11.1. The van der Waals surface area contributed by atoms with Crippen LogP contribution in [0, 0.1) is 18.3 Å². The zero-order valence-corrected chi connectivity index (χ0v) is 18.1. The predicted octanol–water partition coefficient (Wildman–Crippen LogP) is 4.92. The molecule has 1 aromatic carbocycles. The van der Waals surface area contributed by atoms with Gasteiger partial charge in [-0.2, -0.15) is 5.26 Å². The molecule has 0 aliphatic carbocycles. The van der Waals surface area contributed by atoms with Crippen LogP contribution in [0.25, 0.3) is 0 Å². The zero-order valence-electron chi connectivity index (χ0n) is 17.3. The highest BCUT2D eigenvalue weighted by Gasteiger charge is 2.27. The van der Waals surface area contributed by atoms with Crippen molar-refractivity contribution in [3.8, 4) is 17.6 Å². The molecule has 2 aromatic heterocycles. The minimum atomic E-state index is 0.281. The number of nitrogens with zero attached hydrogens (tertiary/aromatic N) is 4. The van der Waals surface area contributed by atoms with E-state index in [-0.39, 0.29) is 6.04 Å². The largest absolute Gasteiger partial charge is 0.454 e. The molecule has 4 heterocycles. The van der Waals surface area contributed by atoms with Crippen LogP contribution in [0.2, 0.25) is 0 Å². The van der Waals surface area contributed by atoms with Crippen LogP contribution in [-0.4, -0.2) is 28.2 Å². The van der Waals surface area contributed by atoms with Crippen molar-refractivity contribution < 1.29 is 9.47 Å². The Morgan fingerprint density at radius 2 is 2.13 bits per heavy atom. The van der Waals surface area contributed by atoms with E-state index in [0.29, 0.717) is 18.2 Å². The number of aromatic nitrogens is 2. The summed E-state index contributed by atoms with van der Waals surface area (Å²) in [6.07, 6.45) is 5.12. The van der Waals surface area contributed by atoms with Gasteiger partial charge in [-0.05, 0) is 61.7 Å². The molecule has 7 nitrogen and oxygen atoms in total. The molecule has 2 aliphatic heterocycles. The van der Waals surface area contributed by atoms with Gasteiger partial charge in [-0.1, -0.05) is 6.42 Å². The minimum absolute atomic E-state index is 0.281. The molecule has 5 rings (SSSR count). The molecular weight excluding hydrogens is 410 g/mol. The summed E-state index contributed by atoms with van der Waals surface area (Å²) in [6, 6.07) is 10.0. The topological polar surface area (TPSA) is 83.3 Å². The van der Waals surface area contributed by atoms with Gasteiger partial charge >= 0.3 is 0 Å². The smallest absolute Gasteiger partial charge is 0.231 e. The Morgan fingerprint density at radius 3 is 3.00 bits per heavy atom. The molecule has 1 atom stereocenters. The van der Waals surface area contributed by atoms with Crippen molar-refractivity contribution >= 4 is 22.3 Å². The molecule has 1 fully saturated rings. The highest BCUT2D eigenvalue weighted by Crippen LogP contribution is 2.38. The number of fused-ring (bicyclic) bond motifs is 1. The summed E-state index contributed by atoms with van der Waals surface area (Å²) >= 11 is 1.57. The predicted molar refractivity (Wildman–Crippen MR) is 119 cm³/mol. The molecule has 2 aliphatic rings. The maximum atomic E-state index is 9.08. The summed E-state index contributed by atoms with van der Waals surface area (Å²) in [5.41, 5.74) is 4.15. The number of rotatable bonds is 5. The van der Waals surface area contributed by atoms with E-state index in [1.807, 2.05) is 0 Å². The Labute approximate surface area is 185 Å². The summed E-state index contributed by atoms with van der Waals surface area (Å²) in [5, 5.41) is 15.2. The van der Waals surface area contributed by atoms with Gasteiger partial charge in [-0.3, -0.25) is 4.90 Å². The third kappa shape index (κ3) is 4.20. The zero-order chi connectivity index (χ0) is 21.2. The number of piperidine rings is 1. The number of thiazole rings is 1. The molecule has 0 unspecified atom stereocenters. The second kappa shape index (κ2) is 8.53. The maximum Gasteiger partial charge on any atom is 0.231 e. The number of nitrogens with one attached hydrogen (secondary N) is 1. The SMILES string of the molecule is Cc1cc2c(cc1CN1CCCC[C@@H]1c1csc(Nc3cc(C#N)ccn3)n1)OCO2. The number of nitriles is 1. The summed E-state index contributed by atoms with van der Waals surface area (Å²) in [4.78, 5) is 11.7.